The molecule has 0 aromatic carbocycles. The van der Waals surface area contributed by atoms with Gasteiger partial charge in [0, 0.05) is 6.20 Å². The summed E-state index contributed by atoms with van der Waals surface area (Å²) in [5, 5.41) is 0. The lowest BCUT2D eigenvalue weighted by molar-refractivity contribution is 0.908. The van der Waals surface area contributed by atoms with Crippen LogP contribution in [0.2, 0.25) is 0 Å². The second-order valence-electron chi connectivity index (χ2n) is 3.55. The fourth-order valence-electron chi connectivity index (χ4n) is 1.61. The molecule has 0 saturated heterocycles. The second kappa shape index (κ2) is 2.74. The molecule has 0 atom stereocenters. The summed E-state index contributed by atoms with van der Waals surface area (Å²) < 4.78 is 0. The standard InChI is InChI=1S/C11H13N/c1-8-3-4-10-5-9(2)7-12-11(10)6-8/h5-7H,3-4H2,1-2H3. The van der Waals surface area contributed by atoms with E-state index in [0.29, 0.717) is 0 Å². The Labute approximate surface area is 73.1 Å². The van der Waals surface area contributed by atoms with E-state index in [1.54, 1.807) is 0 Å². The summed E-state index contributed by atoms with van der Waals surface area (Å²) in [5.74, 6) is 0. The number of pyridine rings is 1. The third kappa shape index (κ3) is 1.27. The van der Waals surface area contributed by atoms with Gasteiger partial charge in [-0.2, -0.15) is 0 Å². The number of aromatic nitrogens is 1. The van der Waals surface area contributed by atoms with E-state index in [-0.39, 0.29) is 0 Å². The molecular weight excluding hydrogens is 146 g/mol. The first-order valence-electron chi connectivity index (χ1n) is 4.38. The minimum absolute atomic E-state index is 1.16. The van der Waals surface area contributed by atoms with E-state index < -0.39 is 0 Å². The summed E-state index contributed by atoms with van der Waals surface area (Å²) in [5.41, 5.74) is 5.28. The highest BCUT2D eigenvalue weighted by molar-refractivity contribution is 5.55. The van der Waals surface area contributed by atoms with Gasteiger partial charge in [0.05, 0.1) is 5.69 Å². The molecule has 1 heterocycles. The summed E-state index contributed by atoms with van der Waals surface area (Å²) in [4.78, 5) is 4.39. The Hall–Kier alpha value is -1.11. The van der Waals surface area contributed by atoms with E-state index in [1.807, 2.05) is 6.20 Å². The van der Waals surface area contributed by atoms with Crippen molar-refractivity contribution in [2.24, 2.45) is 0 Å². The predicted molar refractivity (Wildman–Crippen MR) is 50.9 cm³/mol. The Morgan fingerprint density at radius 2 is 2.08 bits per heavy atom. The number of rotatable bonds is 0. The van der Waals surface area contributed by atoms with Crippen molar-refractivity contribution in [3.63, 3.8) is 0 Å². The van der Waals surface area contributed by atoms with Gasteiger partial charge in [-0.05, 0) is 43.9 Å². The molecule has 1 aliphatic rings. The Morgan fingerprint density at radius 3 is 2.92 bits per heavy atom. The summed E-state index contributed by atoms with van der Waals surface area (Å²) in [7, 11) is 0. The van der Waals surface area contributed by atoms with Gasteiger partial charge in [0.2, 0.25) is 0 Å². The lowest BCUT2D eigenvalue weighted by Gasteiger charge is -2.12. The zero-order chi connectivity index (χ0) is 8.55. The Balaban J connectivity index is 2.51. The lowest BCUT2D eigenvalue weighted by atomic mass is 9.96. The normalized spacial score (nSPS) is 15.3. The fraction of sp³-hybridized carbons (Fsp3) is 0.364. The van der Waals surface area contributed by atoms with Crippen molar-refractivity contribution in [3.8, 4) is 0 Å². The predicted octanol–water partition coefficient (Wildman–Crippen LogP) is 2.74. The molecule has 0 amide bonds. The van der Waals surface area contributed by atoms with Crippen LogP contribution < -0.4 is 0 Å². The van der Waals surface area contributed by atoms with Crippen LogP contribution in [-0.4, -0.2) is 4.98 Å². The molecule has 2 rings (SSSR count). The van der Waals surface area contributed by atoms with Gasteiger partial charge in [-0.15, -0.1) is 0 Å². The van der Waals surface area contributed by atoms with Crippen molar-refractivity contribution in [1.82, 2.24) is 4.98 Å². The largest absolute Gasteiger partial charge is 0.256 e. The molecular formula is C11H13N. The van der Waals surface area contributed by atoms with E-state index in [2.05, 4.69) is 31.0 Å². The van der Waals surface area contributed by atoms with Crippen LogP contribution in [0.3, 0.4) is 0 Å². The van der Waals surface area contributed by atoms with Crippen molar-refractivity contribution in [2.45, 2.75) is 26.7 Å². The van der Waals surface area contributed by atoms with Crippen LogP contribution in [0, 0.1) is 6.92 Å². The monoisotopic (exact) mass is 159 g/mol. The Bertz CT molecular complexity index is 337. The first kappa shape index (κ1) is 7.53. The maximum Gasteiger partial charge on any atom is 0.0661 e. The lowest BCUT2D eigenvalue weighted by Crippen LogP contribution is -2.00. The van der Waals surface area contributed by atoms with Gasteiger partial charge in [-0.25, -0.2) is 0 Å². The summed E-state index contributed by atoms with van der Waals surface area (Å²) in [6.07, 6.45) is 6.48. The van der Waals surface area contributed by atoms with Crippen LogP contribution in [0.5, 0.6) is 0 Å². The maximum absolute atomic E-state index is 4.39. The summed E-state index contributed by atoms with van der Waals surface area (Å²) in [6, 6.07) is 2.24. The van der Waals surface area contributed by atoms with E-state index in [4.69, 9.17) is 0 Å². The summed E-state index contributed by atoms with van der Waals surface area (Å²) >= 11 is 0. The molecule has 0 saturated carbocycles. The molecule has 1 aromatic heterocycles. The van der Waals surface area contributed by atoms with Gasteiger partial charge in [0.25, 0.3) is 0 Å². The van der Waals surface area contributed by atoms with Crippen molar-refractivity contribution >= 4 is 6.08 Å². The zero-order valence-corrected chi connectivity index (χ0v) is 7.59. The molecule has 0 bridgehead atoms. The van der Waals surface area contributed by atoms with Crippen LogP contribution in [0.15, 0.2) is 17.8 Å². The molecule has 0 radical (unpaired) electrons. The van der Waals surface area contributed by atoms with Gasteiger partial charge in [0.15, 0.2) is 0 Å². The molecule has 0 spiro atoms. The Morgan fingerprint density at radius 1 is 1.25 bits per heavy atom. The maximum atomic E-state index is 4.39. The number of aryl methyl sites for hydroxylation is 2. The number of fused-ring (bicyclic) bond motifs is 1. The SMILES string of the molecule is CC1=Cc2ncc(C)cc2CC1. The van der Waals surface area contributed by atoms with Gasteiger partial charge >= 0.3 is 0 Å². The Kier molecular flexibility index (Phi) is 1.72. The number of hydrogen-bond donors (Lipinski definition) is 0. The number of allylic oxidation sites excluding steroid dienone is 1. The quantitative estimate of drug-likeness (QED) is 0.567. The highest BCUT2D eigenvalue weighted by Gasteiger charge is 2.07. The smallest absolute Gasteiger partial charge is 0.0661 e. The minimum Gasteiger partial charge on any atom is -0.256 e. The van der Waals surface area contributed by atoms with E-state index in [1.165, 1.54) is 28.8 Å². The topological polar surface area (TPSA) is 12.9 Å². The highest BCUT2D eigenvalue weighted by Crippen LogP contribution is 2.22. The van der Waals surface area contributed by atoms with Crippen molar-refractivity contribution in [2.75, 3.05) is 0 Å². The van der Waals surface area contributed by atoms with Crippen molar-refractivity contribution < 1.29 is 0 Å². The molecule has 62 valence electrons. The molecule has 1 aliphatic carbocycles. The fourth-order valence-corrected chi connectivity index (χ4v) is 1.61. The average Bonchev–Trinajstić information content (AvgIpc) is 2.05. The second-order valence-corrected chi connectivity index (χ2v) is 3.55. The van der Waals surface area contributed by atoms with E-state index in [0.717, 1.165) is 6.42 Å². The minimum atomic E-state index is 1.16. The van der Waals surface area contributed by atoms with Crippen LogP contribution in [0.4, 0.5) is 0 Å². The zero-order valence-electron chi connectivity index (χ0n) is 7.59. The highest BCUT2D eigenvalue weighted by atomic mass is 14.7. The van der Waals surface area contributed by atoms with Gasteiger partial charge in [-0.1, -0.05) is 11.6 Å². The van der Waals surface area contributed by atoms with Crippen LogP contribution in [-0.2, 0) is 6.42 Å². The third-order valence-electron chi connectivity index (χ3n) is 2.31. The van der Waals surface area contributed by atoms with Gasteiger partial charge in [0.1, 0.15) is 0 Å². The third-order valence-corrected chi connectivity index (χ3v) is 2.31. The molecule has 1 aromatic rings. The van der Waals surface area contributed by atoms with E-state index in [9.17, 15) is 0 Å². The van der Waals surface area contributed by atoms with Crippen LogP contribution >= 0.6 is 0 Å². The molecule has 1 nitrogen and oxygen atoms in total. The van der Waals surface area contributed by atoms with Gasteiger partial charge in [-0.3, -0.25) is 4.98 Å². The van der Waals surface area contributed by atoms with Gasteiger partial charge < -0.3 is 0 Å². The first-order valence-corrected chi connectivity index (χ1v) is 4.38. The average molecular weight is 159 g/mol. The van der Waals surface area contributed by atoms with Crippen molar-refractivity contribution in [3.05, 3.63) is 34.7 Å². The molecule has 12 heavy (non-hydrogen) atoms. The van der Waals surface area contributed by atoms with E-state index >= 15 is 0 Å². The molecule has 0 aliphatic heterocycles. The summed E-state index contributed by atoms with van der Waals surface area (Å²) in [6.45, 7) is 4.27. The molecule has 0 fully saturated rings. The molecule has 1 heteroatoms. The van der Waals surface area contributed by atoms with Crippen LogP contribution in [0.25, 0.3) is 6.08 Å². The van der Waals surface area contributed by atoms with Crippen LogP contribution in [0.1, 0.15) is 30.2 Å². The molecule has 0 N–H and O–H groups in total. The number of nitrogens with zero attached hydrogens (tertiary/aromatic N) is 1. The molecule has 0 unspecified atom stereocenters. The van der Waals surface area contributed by atoms with Crippen molar-refractivity contribution in [1.29, 1.82) is 0 Å². The first-order chi connectivity index (χ1) is 5.75. The number of hydrogen-bond acceptors (Lipinski definition) is 1.